The van der Waals surface area contributed by atoms with E-state index in [4.69, 9.17) is 0 Å². The zero-order chi connectivity index (χ0) is 17.1. The van der Waals surface area contributed by atoms with Gasteiger partial charge in [0.05, 0.1) is 23.2 Å². The molecule has 128 valence electrons. The second-order valence-electron chi connectivity index (χ2n) is 5.74. The number of hydrogen-bond donors (Lipinski definition) is 3. The first-order valence-electron chi connectivity index (χ1n) is 7.88. The molecule has 3 rings (SSSR count). The lowest BCUT2D eigenvalue weighted by Gasteiger charge is -2.08. The van der Waals surface area contributed by atoms with Gasteiger partial charge in [0.1, 0.15) is 0 Å². The maximum absolute atomic E-state index is 12.2. The zero-order valence-electron chi connectivity index (χ0n) is 13.6. The van der Waals surface area contributed by atoms with Crippen LogP contribution < -0.4 is 16.0 Å². The fraction of sp³-hybridized carbons (Fsp3) is 0.438. The van der Waals surface area contributed by atoms with Crippen molar-refractivity contribution in [3.05, 3.63) is 21.9 Å². The molecule has 2 aromatic heterocycles. The summed E-state index contributed by atoms with van der Waals surface area (Å²) in [7, 11) is 0. The molecule has 1 fully saturated rings. The summed E-state index contributed by atoms with van der Waals surface area (Å²) in [6.07, 6.45) is 1.91. The number of thiophene rings is 1. The van der Waals surface area contributed by atoms with Gasteiger partial charge in [0.2, 0.25) is 11.8 Å². The number of hydrogen-bond acceptors (Lipinski definition) is 6. The minimum absolute atomic E-state index is 0.00896. The van der Waals surface area contributed by atoms with Gasteiger partial charge in [-0.3, -0.25) is 9.59 Å². The summed E-state index contributed by atoms with van der Waals surface area (Å²) in [6.45, 7) is 4.93. The molecule has 3 heterocycles. The molecule has 6 nitrogen and oxygen atoms in total. The highest BCUT2D eigenvalue weighted by molar-refractivity contribution is 7.18. The topological polar surface area (TPSA) is 83.1 Å². The van der Waals surface area contributed by atoms with Crippen LogP contribution in [0.2, 0.25) is 0 Å². The third-order valence-corrected chi connectivity index (χ3v) is 5.79. The number of carbonyl (C=O) groups excluding carboxylic acids is 2. The van der Waals surface area contributed by atoms with Crippen LogP contribution in [-0.4, -0.2) is 29.4 Å². The molecule has 0 spiro atoms. The molecule has 1 aliphatic rings. The Morgan fingerprint density at radius 2 is 2.21 bits per heavy atom. The van der Waals surface area contributed by atoms with E-state index in [2.05, 4.69) is 20.9 Å². The number of carbonyl (C=O) groups is 2. The van der Waals surface area contributed by atoms with Gasteiger partial charge in [0.15, 0.2) is 5.13 Å². The van der Waals surface area contributed by atoms with E-state index >= 15 is 0 Å². The second kappa shape index (κ2) is 7.42. The first-order chi connectivity index (χ1) is 11.5. The number of thiazole rings is 1. The number of rotatable bonds is 5. The summed E-state index contributed by atoms with van der Waals surface area (Å²) in [4.78, 5) is 31.0. The first kappa shape index (κ1) is 17.1. The van der Waals surface area contributed by atoms with Crippen LogP contribution in [0.1, 0.15) is 29.5 Å². The average Bonchev–Trinajstić information content (AvgIpc) is 3.25. The van der Waals surface area contributed by atoms with E-state index in [1.807, 2.05) is 19.1 Å². The fourth-order valence-corrected chi connectivity index (χ4v) is 4.48. The molecule has 1 aliphatic heterocycles. The van der Waals surface area contributed by atoms with Gasteiger partial charge >= 0.3 is 0 Å². The van der Waals surface area contributed by atoms with Crippen LogP contribution in [0.3, 0.4) is 0 Å². The molecule has 1 atom stereocenters. The van der Waals surface area contributed by atoms with E-state index in [1.165, 1.54) is 18.3 Å². The Bertz CT molecular complexity index is 747. The average molecular weight is 364 g/mol. The molecule has 0 aliphatic carbocycles. The van der Waals surface area contributed by atoms with E-state index in [9.17, 15) is 9.59 Å². The summed E-state index contributed by atoms with van der Waals surface area (Å²) >= 11 is 3.09. The van der Waals surface area contributed by atoms with Gasteiger partial charge < -0.3 is 16.0 Å². The lowest BCUT2D eigenvalue weighted by atomic mass is 10.2. The van der Waals surface area contributed by atoms with Crippen molar-refractivity contribution in [2.45, 2.75) is 39.3 Å². The van der Waals surface area contributed by atoms with Crippen LogP contribution in [-0.2, 0) is 16.1 Å². The van der Waals surface area contributed by atoms with Crippen LogP contribution >= 0.6 is 22.7 Å². The van der Waals surface area contributed by atoms with Gasteiger partial charge in [0, 0.05) is 16.7 Å². The normalized spacial score (nSPS) is 17.0. The molecular formula is C16H20N4O2S2. The Morgan fingerprint density at radius 3 is 2.92 bits per heavy atom. The van der Waals surface area contributed by atoms with Crippen LogP contribution in [0, 0.1) is 6.92 Å². The smallest absolute Gasteiger partial charge is 0.243 e. The monoisotopic (exact) mass is 364 g/mol. The van der Waals surface area contributed by atoms with Crippen molar-refractivity contribution in [2.75, 3.05) is 11.9 Å². The Labute approximate surface area is 148 Å². The minimum atomic E-state index is -0.108. The van der Waals surface area contributed by atoms with Gasteiger partial charge in [-0.05, 0) is 38.4 Å². The summed E-state index contributed by atoms with van der Waals surface area (Å²) in [5.41, 5.74) is 0.897. The van der Waals surface area contributed by atoms with Crippen molar-refractivity contribution >= 4 is 39.6 Å². The quantitative estimate of drug-likeness (QED) is 0.761. The summed E-state index contributed by atoms with van der Waals surface area (Å²) in [6, 6.07) is 3.90. The molecule has 24 heavy (non-hydrogen) atoms. The summed E-state index contributed by atoms with van der Waals surface area (Å²) < 4.78 is 0. The highest BCUT2D eigenvalue weighted by atomic mass is 32.1. The van der Waals surface area contributed by atoms with Crippen molar-refractivity contribution in [1.29, 1.82) is 0 Å². The largest absolute Gasteiger partial charge is 0.351 e. The van der Waals surface area contributed by atoms with Gasteiger partial charge in [0.25, 0.3) is 0 Å². The predicted molar refractivity (Wildman–Crippen MR) is 97.3 cm³/mol. The lowest BCUT2D eigenvalue weighted by Crippen LogP contribution is -2.35. The third-order valence-electron chi connectivity index (χ3n) is 3.81. The van der Waals surface area contributed by atoms with Crippen molar-refractivity contribution < 1.29 is 9.59 Å². The highest BCUT2D eigenvalue weighted by Crippen LogP contribution is 2.34. The van der Waals surface area contributed by atoms with Crippen LogP contribution in [0.15, 0.2) is 12.1 Å². The van der Waals surface area contributed by atoms with Crippen molar-refractivity contribution in [3.63, 3.8) is 0 Å². The third kappa shape index (κ3) is 4.00. The molecule has 3 N–H and O–H groups in total. The highest BCUT2D eigenvalue weighted by Gasteiger charge is 2.23. The fourth-order valence-electron chi connectivity index (χ4n) is 2.59. The molecule has 1 saturated heterocycles. The van der Waals surface area contributed by atoms with Crippen molar-refractivity contribution in [2.24, 2.45) is 0 Å². The number of nitrogens with one attached hydrogen (secondary N) is 3. The Morgan fingerprint density at radius 1 is 1.38 bits per heavy atom. The van der Waals surface area contributed by atoms with E-state index < -0.39 is 0 Å². The molecule has 8 heteroatoms. The van der Waals surface area contributed by atoms with Crippen LogP contribution in [0.5, 0.6) is 0 Å². The summed E-state index contributed by atoms with van der Waals surface area (Å²) in [5.74, 6) is -0.0503. The number of aromatic nitrogens is 1. The first-order valence-corrected chi connectivity index (χ1v) is 9.51. The number of nitrogens with zero attached hydrogens (tertiary/aromatic N) is 1. The van der Waals surface area contributed by atoms with E-state index in [0.29, 0.717) is 11.7 Å². The molecule has 0 radical (unpaired) electrons. The molecule has 0 saturated carbocycles. The predicted octanol–water partition coefficient (Wildman–Crippen LogP) is 2.51. The Kier molecular flexibility index (Phi) is 5.27. The van der Waals surface area contributed by atoms with E-state index in [0.717, 1.165) is 39.7 Å². The van der Waals surface area contributed by atoms with Gasteiger partial charge in [-0.25, -0.2) is 4.98 Å². The summed E-state index contributed by atoms with van der Waals surface area (Å²) in [5, 5.41) is 9.53. The SMILES string of the molecule is CC(=O)NCc1ccc(-c2nc(NC(=O)C3CCCN3)sc2C)s1. The number of aryl methyl sites for hydroxylation is 1. The maximum Gasteiger partial charge on any atom is 0.243 e. The maximum atomic E-state index is 12.2. The van der Waals surface area contributed by atoms with Gasteiger partial charge in [-0.15, -0.1) is 22.7 Å². The van der Waals surface area contributed by atoms with Gasteiger partial charge in [-0.2, -0.15) is 0 Å². The van der Waals surface area contributed by atoms with Crippen molar-refractivity contribution in [3.8, 4) is 10.6 Å². The minimum Gasteiger partial charge on any atom is -0.351 e. The molecule has 2 amide bonds. The molecule has 2 aromatic rings. The Hall–Kier alpha value is -1.77. The molecule has 1 unspecified atom stereocenters. The van der Waals surface area contributed by atoms with Gasteiger partial charge in [-0.1, -0.05) is 0 Å². The molecule has 0 aromatic carbocycles. The molecule has 0 bridgehead atoms. The van der Waals surface area contributed by atoms with Crippen LogP contribution in [0.4, 0.5) is 5.13 Å². The number of amides is 2. The van der Waals surface area contributed by atoms with Crippen molar-refractivity contribution in [1.82, 2.24) is 15.6 Å². The Balaban J connectivity index is 1.69. The van der Waals surface area contributed by atoms with E-state index in [-0.39, 0.29) is 17.9 Å². The van der Waals surface area contributed by atoms with Crippen LogP contribution in [0.25, 0.3) is 10.6 Å². The second-order valence-corrected chi connectivity index (χ2v) is 8.11. The van der Waals surface area contributed by atoms with E-state index in [1.54, 1.807) is 11.3 Å². The standard InChI is InChI=1S/C16H20N4O2S2/c1-9-14(13-6-5-11(24-13)8-18-10(2)21)19-16(23-9)20-15(22)12-4-3-7-17-12/h5-6,12,17H,3-4,7-8H2,1-2H3,(H,18,21)(H,19,20,22). The number of anilines is 1. The lowest BCUT2D eigenvalue weighted by molar-refractivity contribution is -0.119. The zero-order valence-corrected chi connectivity index (χ0v) is 15.3. The molecular weight excluding hydrogens is 344 g/mol.